The Morgan fingerprint density at radius 2 is 1.61 bits per heavy atom. The van der Waals surface area contributed by atoms with E-state index in [1.54, 1.807) is 13.8 Å². The third kappa shape index (κ3) is 7.14. The molecule has 6 N–H and O–H groups in total. The monoisotopic (exact) mass is 391 g/mol. The Labute approximate surface area is 166 Å². The number of hydrogen-bond donors (Lipinski definition) is 4. The fourth-order valence-corrected chi connectivity index (χ4v) is 3.08. The van der Waals surface area contributed by atoms with Crippen LogP contribution < -0.4 is 16.8 Å². The van der Waals surface area contributed by atoms with Crippen LogP contribution in [-0.4, -0.2) is 47.8 Å². The molecule has 28 heavy (non-hydrogen) atoms. The van der Waals surface area contributed by atoms with E-state index in [2.05, 4.69) is 5.32 Å². The van der Waals surface area contributed by atoms with Crippen molar-refractivity contribution >= 4 is 17.5 Å². The smallest absolute Gasteiger partial charge is 0.226 e. The quantitative estimate of drug-likeness (QED) is 0.415. The Hall–Kier alpha value is -2.09. The Bertz CT molecular complexity index is 646. The van der Waals surface area contributed by atoms with Crippen molar-refractivity contribution in [3.8, 4) is 0 Å². The van der Waals surface area contributed by atoms with Crippen LogP contribution in [0, 0.1) is 11.8 Å². The van der Waals surface area contributed by atoms with Crippen molar-refractivity contribution in [2.45, 2.75) is 51.7 Å². The van der Waals surface area contributed by atoms with Crippen molar-refractivity contribution < 1.29 is 19.5 Å². The number of carbonyl (C=O) groups is 3. The minimum atomic E-state index is -1.04. The molecule has 0 saturated carbocycles. The van der Waals surface area contributed by atoms with Gasteiger partial charge in [-0.25, -0.2) is 0 Å². The summed E-state index contributed by atoms with van der Waals surface area (Å²) in [5.41, 5.74) is 12.4. The lowest BCUT2D eigenvalue weighted by molar-refractivity contribution is -0.136. The van der Waals surface area contributed by atoms with Gasteiger partial charge < -0.3 is 21.9 Å². The lowest BCUT2D eigenvalue weighted by atomic mass is 9.88. The maximum Gasteiger partial charge on any atom is 0.226 e. The van der Waals surface area contributed by atoms with Gasteiger partial charge in [-0.2, -0.15) is 0 Å². The molecule has 0 heterocycles. The summed E-state index contributed by atoms with van der Waals surface area (Å²) in [7, 11) is 0. The van der Waals surface area contributed by atoms with Crippen LogP contribution in [0.2, 0.25) is 0 Å². The van der Waals surface area contributed by atoms with Crippen molar-refractivity contribution in [1.82, 2.24) is 5.32 Å². The van der Waals surface area contributed by atoms with Crippen molar-refractivity contribution in [2.75, 3.05) is 13.1 Å². The molecule has 7 heteroatoms. The highest BCUT2D eigenvalue weighted by Gasteiger charge is 2.31. The summed E-state index contributed by atoms with van der Waals surface area (Å²) in [5.74, 6) is -2.27. The van der Waals surface area contributed by atoms with E-state index in [0.717, 1.165) is 5.56 Å². The van der Waals surface area contributed by atoms with E-state index in [9.17, 15) is 19.5 Å². The van der Waals surface area contributed by atoms with Crippen molar-refractivity contribution in [3.63, 3.8) is 0 Å². The number of benzene rings is 1. The molecule has 0 spiro atoms. The predicted octanol–water partition coefficient (Wildman–Crippen LogP) is 0.744. The summed E-state index contributed by atoms with van der Waals surface area (Å²) in [6.07, 6.45) is -0.980. The minimum absolute atomic E-state index is 0.0352. The van der Waals surface area contributed by atoms with Gasteiger partial charge in [-0.05, 0) is 19.0 Å². The van der Waals surface area contributed by atoms with Crippen LogP contribution in [0.25, 0.3) is 0 Å². The van der Waals surface area contributed by atoms with Crippen LogP contribution in [-0.2, 0) is 14.4 Å². The fraction of sp³-hybridized carbons (Fsp3) is 0.571. The number of nitrogens with one attached hydrogen (secondary N) is 1. The van der Waals surface area contributed by atoms with Crippen LogP contribution >= 0.6 is 0 Å². The normalized spacial score (nSPS) is 15.5. The highest BCUT2D eigenvalue weighted by molar-refractivity contribution is 5.93. The second-order valence-corrected chi connectivity index (χ2v) is 7.49. The van der Waals surface area contributed by atoms with Gasteiger partial charge in [-0.1, -0.05) is 44.2 Å². The number of rotatable bonds is 12. The van der Waals surface area contributed by atoms with Crippen LogP contribution in [0.4, 0.5) is 0 Å². The summed E-state index contributed by atoms with van der Waals surface area (Å²) in [6.45, 7) is 5.18. The molecule has 0 aromatic heterocycles. The van der Waals surface area contributed by atoms with Gasteiger partial charge in [0.2, 0.25) is 5.91 Å². The van der Waals surface area contributed by atoms with Crippen LogP contribution in [0.15, 0.2) is 30.3 Å². The van der Waals surface area contributed by atoms with E-state index in [1.165, 1.54) is 6.92 Å². The Kier molecular flexibility index (Phi) is 9.99. The number of aliphatic hydroxyl groups is 1. The topological polar surface area (TPSA) is 136 Å². The molecule has 1 aromatic rings. The molecule has 1 amide bonds. The molecule has 7 nitrogen and oxygen atoms in total. The van der Waals surface area contributed by atoms with Crippen LogP contribution in [0.1, 0.15) is 45.1 Å². The number of amides is 1. The first-order valence-electron chi connectivity index (χ1n) is 9.70. The molecular weight excluding hydrogens is 358 g/mol. The maximum atomic E-state index is 12.6. The number of carbonyl (C=O) groups excluding carboxylic acids is 3. The SMILES string of the molecule is CC(C)C(=O)[C@H](CN)NC(=O)[C@@H](CC(=O)CC(CN)c1ccccc1)C(C)O. The Morgan fingerprint density at radius 3 is 2.07 bits per heavy atom. The number of hydrogen-bond acceptors (Lipinski definition) is 6. The Morgan fingerprint density at radius 1 is 1.00 bits per heavy atom. The zero-order valence-corrected chi connectivity index (χ0v) is 16.9. The summed E-state index contributed by atoms with van der Waals surface area (Å²) >= 11 is 0. The molecule has 0 bridgehead atoms. The van der Waals surface area contributed by atoms with Gasteiger partial charge in [-0.15, -0.1) is 0 Å². The second-order valence-electron chi connectivity index (χ2n) is 7.49. The summed E-state index contributed by atoms with van der Waals surface area (Å²) in [4.78, 5) is 37.3. The van der Waals surface area contributed by atoms with Gasteiger partial charge in [0.1, 0.15) is 5.78 Å². The molecule has 0 saturated heterocycles. The van der Waals surface area contributed by atoms with Gasteiger partial charge in [0.25, 0.3) is 0 Å². The first-order chi connectivity index (χ1) is 13.2. The lowest BCUT2D eigenvalue weighted by Gasteiger charge is -2.24. The molecule has 1 aromatic carbocycles. The molecule has 0 aliphatic rings. The second kappa shape index (κ2) is 11.7. The summed E-state index contributed by atoms with van der Waals surface area (Å²) in [6, 6.07) is 8.64. The van der Waals surface area contributed by atoms with E-state index in [0.29, 0.717) is 6.54 Å². The Balaban J connectivity index is 2.78. The van der Waals surface area contributed by atoms with E-state index in [4.69, 9.17) is 11.5 Å². The number of ketones is 2. The largest absolute Gasteiger partial charge is 0.393 e. The third-order valence-electron chi connectivity index (χ3n) is 4.86. The number of aliphatic hydroxyl groups excluding tert-OH is 1. The molecule has 156 valence electrons. The van der Waals surface area contributed by atoms with E-state index < -0.39 is 24.0 Å². The average Bonchev–Trinajstić information content (AvgIpc) is 2.67. The van der Waals surface area contributed by atoms with Gasteiger partial charge in [0.15, 0.2) is 5.78 Å². The van der Waals surface area contributed by atoms with Gasteiger partial charge in [0.05, 0.1) is 18.1 Å². The van der Waals surface area contributed by atoms with Gasteiger partial charge in [0, 0.05) is 31.2 Å². The summed E-state index contributed by atoms with van der Waals surface area (Å²) < 4.78 is 0. The molecular formula is C21H33N3O4. The predicted molar refractivity (Wildman–Crippen MR) is 108 cm³/mol. The molecule has 0 aliphatic carbocycles. The molecule has 0 aliphatic heterocycles. The first kappa shape index (κ1) is 23.9. The van der Waals surface area contributed by atoms with Gasteiger partial charge >= 0.3 is 0 Å². The van der Waals surface area contributed by atoms with E-state index >= 15 is 0 Å². The van der Waals surface area contributed by atoms with Crippen molar-refractivity contribution in [3.05, 3.63) is 35.9 Å². The van der Waals surface area contributed by atoms with E-state index in [1.807, 2.05) is 30.3 Å². The zero-order valence-electron chi connectivity index (χ0n) is 16.9. The number of Topliss-reactive ketones (excluding diaryl/α,β-unsaturated/α-hetero) is 2. The van der Waals surface area contributed by atoms with Crippen molar-refractivity contribution in [1.29, 1.82) is 0 Å². The number of nitrogens with two attached hydrogens (primary N) is 2. The molecule has 2 unspecified atom stereocenters. The maximum absolute atomic E-state index is 12.6. The standard InChI is InChI=1S/C21H33N3O4/c1-13(2)20(27)19(12-23)24-21(28)18(14(3)25)10-17(26)9-16(11-22)15-7-5-4-6-8-15/h4-8,13-14,16,18-19,25H,9-12,22-23H2,1-3H3,(H,24,28)/t14?,16?,18-,19-/m0/s1. The fourth-order valence-electron chi connectivity index (χ4n) is 3.08. The lowest BCUT2D eigenvalue weighted by Crippen LogP contribution is -2.51. The molecule has 0 fully saturated rings. The van der Waals surface area contributed by atoms with Crippen molar-refractivity contribution in [2.24, 2.45) is 23.3 Å². The van der Waals surface area contributed by atoms with Gasteiger partial charge in [-0.3, -0.25) is 14.4 Å². The molecule has 0 radical (unpaired) electrons. The van der Waals surface area contributed by atoms with Crippen LogP contribution in [0.5, 0.6) is 0 Å². The molecule has 1 rings (SSSR count). The highest BCUT2D eigenvalue weighted by atomic mass is 16.3. The highest BCUT2D eigenvalue weighted by Crippen LogP contribution is 2.21. The third-order valence-corrected chi connectivity index (χ3v) is 4.86. The zero-order chi connectivity index (χ0) is 21.3. The summed E-state index contributed by atoms with van der Waals surface area (Å²) in [5, 5.41) is 12.6. The van der Waals surface area contributed by atoms with Crippen LogP contribution in [0.3, 0.4) is 0 Å². The first-order valence-corrected chi connectivity index (χ1v) is 9.70. The molecule has 4 atom stereocenters. The minimum Gasteiger partial charge on any atom is -0.393 e. The van der Waals surface area contributed by atoms with E-state index in [-0.39, 0.29) is 42.8 Å². The average molecular weight is 392 g/mol.